The summed E-state index contributed by atoms with van der Waals surface area (Å²) < 4.78 is 39.0. The Bertz CT molecular complexity index is 602. The van der Waals surface area contributed by atoms with Gasteiger partial charge in [0.2, 0.25) is 5.82 Å². The summed E-state index contributed by atoms with van der Waals surface area (Å²) in [6.07, 6.45) is -4.57. The lowest BCUT2D eigenvalue weighted by Crippen LogP contribution is -2.12. The van der Waals surface area contributed by atoms with Crippen LogP contribution in [0.1, 0.15) is 5.82 Å². The molecule has 1 N–H and O–H groups in total. The SMILES string of the molecule is CNc1cc(Sc2ccc(Br)cc2)nc(C(F)(F)F)n1. The van der Waals surface area contributed by atoms with Crippen LogP contribution in [-0.4, -0.2) is 17.0 Å². The number of aromatic nitrogens is 2. The third-order valence-electron chi connectivity index (χ3n) is 2.25. The molecule has 0 bridgehead atoms. The minimum atomic E-state index is -4.57. The van der Waals surface area contributed by atoms with Crippen LogP contribution in [0.3, 0.4) is 0 Å². The van der Waals surface area contributed by atoms with Crippen molar-refractivity contribution in [1.29, 1.82) is 0 Å². The molecule has 3 nitrogen and oxygen atoms in total. The molecule has 2 rings (SSSR count). The summed E-state index contributed by atoms with van der Waals surface area (Å²) in [5, 5.41) is 2.84. The van der Waals surface area contributed by atoms with Gasteiger partial charge in [-0.3, -0.25) is 0 Å². The number of rotatable bonds is 3. The van der Waals surface area contributed by atoms with Crippen molar-refractivity contribution in [3.05, 3.63) is 40.6 Å². The highest BCUT2D eigenvalue weighted by Crippen LogP contribution is 2.32. The van der Waals surface area contributed by atoms with E-state index in [1.165, 1.54) is 13.1 Å². The van der Waals surface area contributed by atoms with Crippen molar-refractivity contribution < 1.29 is 13.2 Å². The Hall–Kier alpha value is -1.28. The molecular formula is C12H9BrF3N3S. The fourth-order valence-corrected chi connectivity index (χ4v) is 2.44. The Morgan fingerprint density at radius 2 is 1.80 bits per heavy atom. The van der Waals surface area contributed by atoms with Crippen molar-refractivity contribution in [2.75, 3.05) is 12.4 Å². The first-order valence-electron chi connectivity index (χ1n) is 5.46. The van der Waals surface area contributed by atoms with Gasteiger partial charge in [-0.2, -0.15) is 13.2 Å². The first kappa shape index (κ1) is 15.1. The standard InChI is InChI=1S/C12H9BrF3N3S/c1-17-9-6-10(19-11(18-9)12(14,15)16)20-8-4-2-7(13)3-5-8/h2-6H,1H3,(H,17,18,19). The third kappa shape index (κ3) is 3.86. The van der Waals surface area contributed by atoms with Crippen molar-refractivity contribution >= 4 is 33.5 Å². The summed E-state index contributed by atoms with van der Waals surface area (Å²) in [6.45, 7) is 0. The van der Waals surface area contributed by atoms with Gasteiger partial charge in [0.05, 0.1) is 0 Å². The van der Waals surface area contributed by atoms with E-state index in [1.54, 1.807) is 12.1 Å². The van der Waals surface area contributed by atoms with Crippen LogP contribution in [0, 0.1) is 0 Å². The Balaban J connectivity index is 2.33. The molecule has 0 saturated heterocycles. The normalized spacial score (nSPS) is 11.4. The van der Waals surface area contributed by atoms with Gasteiger partial charge in [0, 0.05) is 22.5 Å². The zero-order chi connectivity index (χ0) is 14.8. The van der Waals surface area contributed by atoms with Crippen LogP contribution in [0.25, 0.3) is 0 Å². The number of nitrogens with zero attached hydrogens (tertiary/aromatic N) is 2. The van der Waals surface area contributed by atoms with Gasteiger partial charge in [0.25, 0.3) is 0 Å². The van der Waals surface area contributed by atoms with Crippen molar-refractivity contribution in [3.63, 3.8) is 0 Å². The molecular weight excluding hydrogens is 355 g/mol. The van der Waals surface area contributed by atoms with E-state index in [9.17, 15) is 13.2 Å². The van der Waals surface area contributed by atoms with Crippen LogP contribution in [0.4, 0.5) is 19.0 Å². The highest BCUT2D eigenvalue weighted by molar-refractivity contribution is 9.10. The number of nitrogens with one attached hydrogen (secondary N) is 1. The van der Waals surface area contributed by atoms with Crippen molar-refractivity contribution in [3.8, 4) is 0 Å². The Labute approximate surface area is 126 Å². The second kappa shape index (κ2) is 6.01. The van der Waals surface area contributed by atoms with E-state index in [0.717, 1.165) is 21.1 Å². The second-order valence-corrected chi connectivity index (χ2v) is 5.73. The van der Waals surface area contributed by atoms with Crippen LogP contribution in [0.5, 0.6) is 0 Å². The van der Waals surface area contributed by atoms with Crippen molar-refractivity contribution in [2.45, 2.75) is 16.1 Å². The monoisotopic (exact) mass is 363 g/mol. The molecule has 0 radical (unpaired) electrons. The molecule has 2 aromatic rings. The first-order valence-corrected chi connectivity index (χ1v) is 7.07. The van der Waals surface area contributed by atoms with E-state index in [0.29, 0.717) is 0 Å². The third-order valence-corrected chi connectivity index (χ3v) is 3.70. The van der Waals surface area contributed by atoms with Gasteiger partial charge in [0.1, 0.15) is 10.8 Å². The molecule has 1 aromatic carbocycles. The van der Waals surface area contributed by atoms with Crippen LogP contribution < -0.4 is 5.32 Å². The minimum absolute atomic E-state index is 0.131. The predicted octanol–water partition coefficient (Wildman–Crippen LogP) is 4.45. The predicted molar refractivity (Wildman–Crippen MR) is 74.8 cm³/mol. The summed E-state index contributed by atoms with van der Waals surface area (Å²) >= 11 is 4.44. The highest BCUT2D eigenvalue weighted by Gasteiger charge is 2.35. The molecule has 20 heavy (non-hydrogen) atoms. The van der Waals surface area contributed by atoms with E-state index in [-0.39, 0.29) is 10.8 Å². The number of anilines is 1. The molecule has 1 heterocycles. The quantitative estimate of drug-likeness (QED) is 0.817. The summed E-state index contributed by atoms with van der Waals surface area (Å²) in [5.74, 6) is -1.02. The lowest BCUT2D eigenvalue weighted by atomic mass is 10.4. The van der Waals surface area contributed by atoms with Crippen LogP contribution in [-0.2, 0) is 6.18 Å². The molecule has 1 aromatic heterocycles. The minimum Gasteiger partial charge on any atom is -0.373 e. The molecule has 106 valence electrons. The largest absolute Gasteiger partial charge is 0.451 e. The Morgan fingerprint density at radius 1 is 1.15 bits per heavy atom. The van der Waals surface area contributed by atoms with Gasteiger partial charge in [-0.15, -0.1) is 0 Å². The van der Waals surface area contributed by atoms with E-state index >= 15 is 0 Å². The number of hydrogen-bond donors (Lipinski definition) is 1. The lowest BCUT2D eigenvalue weighted by molar-refractivity contribution is -0.145. The maximum Gasteiger partial charge on any atom is 0.451 e. The average Bonchev–Trinajstić information content (AvgIpc) is 2.40. The van der Waals surface area contributed by atoms with E-state index in [2.05, 4.69) is 31.2 Å². The van der Waals surface area contributed by atoms with Gasteiger partial charge < -0.3 is 5.32 Å². The second-order valence-electron chi connectivity index (χ2n) is 3.72. The van der Waals surface area contributed by atoms with Crippen LogP contribution >= 0.6 is 27.7 Å². The Morgan fingerprint density at radius 3 is 2.35 bits per heavy atom. The summed E-state index contributed by atoms with van der Waals surface area (Å²) in [7, 11) is 1.51. The van der Waals surface area contributed by atoms with E-state index in [4.69, 9.17) is 0 Å². The number of hydrogen-bond acceptors (Lipinski definition) is 4. The fraction of sp³-hybridized carbons (Fsp3) is 0.167. The van der Waals surface area contributed by atoms with Crippen molar-refractivity contribution in [1.82, 2.24) is 9.97 Å². The van der Waals surface area contributed by atoms with Crippen molar-refractivity contribution in [2.24, 2.45) is 0 Å². The lowest BCUT2D eigenvalue weighted by Gasteiger charge is -2.09. The topological polar surface area (TPSA) is 37.8 Å². The molecule has 8 heteroatoms. The zero-order valence-corrected chi connectivity index (χ0v) is 12.6. The van der Waals surface area contributed by atoms with E-state index in [1.807, 2.05) is 12.1 Å². The summed E-state index contributed by atoms with van der Waals surface area (Å²) in [4.78, 5) is 7.75. The van der Waals surface area contributed by atoms with Crippen LogP contribution in [0.15, 0.2) is 44.7 Å². The molecule has 0 spiro atoms. The molecule has 0 aliphatic heterocycles. The maximum absolute atomic E-state index is 12.7. The van der Waals surface area contributed by atoms with E-state index < -0.39 is 12.0 Å². The number of halogens is 4. The molecule has 0 aliphatic carbocycles. The van der Waals surface area contributed by atoms with Gasteiger partial charge in [-0.1, -0.05) is 27.7 Å². The maximum atomic E-state index is 12.7. The molecule has 0 fully saturated rings. The summed E-state index contributed by atoms with van der Waals surface area (Å²) in [6, 6.07) is 8.69. The fourth-order valence-electron chi connectivity index (χ4n) is 1.36. The van der Waals surface area contributed by atoms with Gasteiger partial charge in [0.15, 0.2) is 0 Å². The van der Waals surface area contributed by atoms with Gasteiger partial charge in [-0.05, 0) is 24.3 Å². The van der Waals surface area contributed by atoms with Gasteiger partial charge in [-0.25, -0.2) is 9.97 Å². The molecule has 0 amide bonds. The Kier molecular flexibility index (Phi) is 4.54. The highest BCUT2D eigenvalue weighted by atomic mass is 79.9. The molecule has 0 saturated carbocycles. The first-order chi connectivity index (χ1) is 9.38. The molecule has 0 unspecified atom stereocenters. The average molecular weight is 364 g/mol. The van der Waals surface area contributed by atoms with Crippen LogP contribution in [0.2, 0.25) is 0 Å². The zero-order valence-electron chi connectivity index (χ0n) is 10.2. The molecule has 0 aliphatic rings. The smallest absolute Gasteiger partial charge is 0.373 e. The number of alkyl halides is 3. The summed E-state index contributed by atoms with van der Waals surface area (Å²) in [5.41, 5.74) is 0. The van der Waals surface area contributed by atoms with Gasteiger partial charge >= 0.3 is 6.18 Å². The molecule has 0 atom stereocenters. The number of benzene rings is 1.